The van der Waals surface area contributed by atoms with Crippen LogP contribution in [0.3, 0.4) is 0 Å². The van der Waals surface area contributed by atoms with Crippen LogP contribution < -0.4 is 10.3 Å². The summed E-state index contributed by atoms with van der Waals surface area (Å²) < 4.78 is 6.92. The Morgan fingerprint density at radius 1 is 1.29 bits per heavy atom. The van der Waals surface area contributed by atoms with E-state index >= 15 is 0 Å². The molecule has 0 aliphatic heterocycles. The molecule has 1 aromatic carbocycles. The van der Waals surface area contributed by atoms with Crippen LogP contribution in [-0.4, -0.2) is 29.2 Å². The average Bonchev–Trinajstić information content (AvgIpc) is 2.63. The largest absolute Gasteiger partial charge is 0.496 e. The van der Waals surface area contributed by atoms with E-state index in [0.29, 0.717) is 16.7 Å². The van der Waals surface area contributed by atoms with Gasteiger partial charge in [0, 0.05) is 36.1 Å². The zero-order valence-corrected chi connectivity index (χ0v) is 14.4. The first-order valence-corrected chi connectivity index (χ1v) is 8.48. The normalized spacial score (nSPS) is 10.8. The molecular formula is C18H16N2O3S. The summed E-state index contributed by atoms with van der Waals surface area (Å²) in [5.41, 5.74) is 2.21. The molecule has 0 bridgehead atoms. The second kappa shape index (κ2) is 6.49. The molecule has 0 N–H and O–H groups in total. The topological polar surface area (TPSA) is 61.2 Å². The van der Waals surface area contributed by atoms with E-state index in [1.165, 1.54) is 16.3 Å². The molecule has 0 atom stereocenters. The molecule has 0 fully saturated rings. The van der Waals surface area contributed by atoms with Crippen LogP contribution in [0.15, 0.2) is 46.5 Å². The Morgan fingerprint density at radius 3 is 2.75 bits per heavy atom. The Labute approximate surface area is 143 Å². The quantitative estimate of drug-likeness (QED) is 0.539. The number of hydrogen-bond donors (Lipinski definition) is 0. The fraction of sp³-hybridized carbons (Fsp3) is 0.167. The highest BCUT2D eigenvalue weighted by molar-refractivity contribution is 7.98. The molecule has 5 nitrogen and oxygen atoms in total. The third kappa shape index (κ3) is 2.59. The van der Waals surface area contributed by atoms with Crippen molar-refractivity contribution in [1.82, 2.24) is 9.55 Å². The van der Waals surface area contributed by atoms with Crippen LogP contribution in [0.4, 0.5) is 0 Å². The van der Waals surface area contributed by atoms with Gasteiger partial charge in [-0.1, -0.05) is 0 Å². The minimum absolute atomic E-state index is 0.0941. The van der Waals surface area contributed by atoms with Crippen LogP contribution in [0, 0.1) is 0 Å². The molecule has 6 heteroatoms. The summed E-state index contributed by atoms with van der Waals surface area (Å²) in [5.74, 6) is 0.517. The van der Waals surface area contributed by atoms with Gasteiger partial charge in [0.25, 0.3) is 5.56 Å². The number of methoxy groups -OCH3 is 1. The summed E-state index contributed by atoms with van der Waals surface area (Å²) in [6, 6.07) is 5.59. The number of ether oxygens (including phenoxy) is 1. The lowest BCUT2D eigenvalue weighted by Crippen LogP contribution is -2.16. The number of hydrogen-bond acceptors (Lipinski definition) is 5. The molecular weight excluding hydrogens is 324 g/mol. The van der Waals surface area contributed by atoms with E-state index in [-0.39, 0.29) is 5.56 Å². The Morgan fingerprint density at radius 2 is 2.08 bits per heavy atom. The molecule has 0 aliphatic carbocycles. The molecule has 24 heavy (non-hydrogen) atoms. The standard InChI is InChI=1S/C18H16N2O3S/c1-20-9-14(12-4-5-19-8-13(12)18(20)22)11-6-16(23-2)15(10-21)17(7-11)24-3/h4-10H,1-3H3. The van der Waals surface area contributed by atoms with Gasteiger partial charge in [-0.25, -0.2) is 0 Å². The van der Waals surface area contributed by atoms with Gasteiger partial charge in [0.1, 0.15) is 5.75 Å². The maximum absolute atomic E-state index is 12.3. The summed E-state index contributed by atoms with van der Waals surface area (Å²) in [6.45, 7) is 0. The van der Waals surface area contributed by atoms with E-state index in [1.54, 1.807) is 32.7 Å². The predicted molar refractivity (Wildman–Crippen MR) is 96.1 cm³/mol. The first-order chi connectivity index (χ1) is 11.6. The van der Waals surface area contributed by atoms with E-state index in [2.05, 4.69) is 4.98 Å². The monoisotopic (exact) mass is 340 g/mol. The van der Waals surface area contributed by atoms with Gasteiger partial charge in [0.05, 0.1) is 18.1 Å². The van der Waals surface area contributed by atoms with Crippen molar-refractivity contribution >= 4 is 28.8 Å². The van der Waals surface area contributed by atoms with Crippen molar-refractivity contribution in [2.24, 2.45) is 7.05 Å². The highest BCUT2D eigenvalue weighted by Crippen LogP contribution is 2.35. The zero-order valence-electron chi connectivity index (χ0n) is 13.6. The minimum Gasteiger partial charge on any atom is -0.496 e. The number of benzene rings is 1. The number of carbonyl (C=O) groups excluding carboxylic acids is 1. The molecule has 0 unspecified atom stereocenters. The van der Waals surface area contributed by atoms with Crippen molar-refractivity contribution in [3.05, 3.63) is 52.7 Å². The van der Waals surface area contributed by atoms with Crippen LogP contribution in [0.2, 0.25) is 0 Å². The number of aldehydes is 1. The van der Waals surface area contributed by atoms with Gasteiger partial charge >= 0.3 is 0 Å². The molecule has 0 aliphatic rings. The van der Waals surface area contributed by atoms with Crippen LogP contribution in [0.5, 0.6) is 5.75 Å². The number of thioether (sulfide) groups is 1. The molecule has 0 amide bonds. The maximum atomic E-state index is 12.3. The van der Waals surface area contributed by atoms with E-state index in [4.69, 9.17) is 4.74 Å². The second-order valence-electron chi connectivity index (χ2n) is 5.29. The van der Waals surface area contributed by atoms with Gasteiger partial charge in [-0.2, -0.15) is 0 Å². The number of fused-ring (bicyclic) bond motifs is 1. The molecule has 2 aromatic heterocycles. The van der Waals surface area contributed by atoms with Crippen molar-refractivity contribution in [3.63, 3.8) is 0 Å². The first-order valence-electron chi connectivity index (χ1n) is 7.25. The number of aromatic nitrogens is 2. The lowest BCUT2D eigenvalue weighted by atomic mass is 10.00. The summed E-state index contributed by atoms with van der Waals surface area (Å²) in [4.78, 5) is 28.6. The minimum atomic E-state index is -0.0941. The molecule has 2 heterocycles. The van der Waals surface area contributed by atoms with Crippen LogP contribution in [0.1, 0.15) is 10.4 Å². The van der Waals surface area contributed by atoms with Crippen molar-refractivity contribution in [2.45, 2.75) is 4.90 Å². The van der Waals surface area contributed by atoms with Crippen molar-refractivity contribution in [1.29, 1.82) is 0 Å². The Bertz CT molecular complexity index is 970. The molecule has 0 spiro atoms. The maximum Gasteiger partial charge on any atom is 0.259 e. The third-order valence-electron chi connectivity index (χ3n) is 3.96. The Hall–Kier alpha value is -2.60. The number of pyridine rings is 2. The number of aryl methyl sites for hydroxylation is 1. The first kappa shape index (κ1) is 16.3. The molecule has 0 saturated heterocycles. The number of carbonyl (C=O) groups is 1. The molecule has 0 saturated carbocycles. The van der Waals surface area contributed by atoms with Gasteiger partial charge in [0.2, 0.25) is 0 Å². The average molecular weight is 340 g/mol. The highest BCUT2D eigenvalue weighted by Gasteiger charge is 2.15. The molecule has 122 valence electrons. The molecule has 3 rings (SSSR count). The van der Waals surface area contributed by atoms with Crippen LogP contribution in [-0.2, 0) is 7.05 Å². The lowest BCUT2D eigenvalue weighted by Gasteiger charge is -2.14. The van der Waals surface area contributed by atoms with E-state index in [9.17, 15) is 9.59 Å². The summed E-state index contributed by atoms with van der Waals surface area (Å²) in [7, 11) is 3.25. The van der Waals surface area contributed by atoms with Crippen molar-refractivity contribution in [2.75, 3.05) is 13.4 Å². The second-order valence-corrected chi connectivity index (χ2v) is 6.14. The molecule has 3 aromatic rings. The molecule has 0 radical (unpaired) electrons. The van der Waals surface area contributed by atoms with Gasteiger partial charge in [-0.15, -0.1) is 11.8 Å². The van der Waals surface area contributed by atoms with Crippen LogP contribution in [0.25, 0.3) is 21.9 Å². The van der Waals surface area contributed by atoms with E-state index in [1.807, 2.05) is 24.5 Å². The summed E-state index contributed by atoms with van der Waals surface area (Å²) >= 11 is 1.48. The smallest absolute Gasteiger partial charge is 0.259 e. The number of nitrogens with zero attached hydrogens (tertiary/aromatic N) is 2. The van der Waals surface area contributed by atoms with Gasteiger partial charge in [-0.05, 0) is 35.4 Å². The third-order valence-corrected chi connectivity index (χ3v) is 4.74. The Kier molecular flexibility index (Phi) is 4.40. The van der Waals surface area contributed by atoms with Gasteiger partial charge in [-0.3, -0.25) is 14.6 Å². The van der Waals surface area contributed by atoms with E-state index in [0.717, 1.165) is 27.7 Å². The fourth-order valence-corrected chi connectivity index (χ4v) is 3.37. The van der Waals surface area contributed by atoms with E-state index < -0.39 is 0 Å². The Balaban J connectivity index is 2.38. The lowest BCUT2D eigenvalue weighted by molar-refractivity contribution is 0.111. The van der Waals surface area contributed by atoms with Gasteiger partial charge in [0.15, 0.2) is 6.29 Å². The van der Waals surface area contributed by atoms with Crippen molar-refractivity contribution in [3.8, 4) is 16.9 Å². The zero-order chi connectivity index (χ0) is 17.3. The highest BCUT2D eigenvalue weighted by atomic mass is 32.2. The number of rotatable bonds is 4. The summed E-state index contributed by atoms with van der Waals surface area (Å²) in [6.07, 6.45) is 7.75. The SMILES string of the molecule is COc1cc(-c2cn(C)c(=O)c3cnccc23)cc(SC)c1C=O. The summed E-state index contributed by atoms with van der Waals surface area (Å²) in [5, 5.41) is 1.38. The predicted octanol–water partition coefficient (Wildman–Crippen LogP) is 3.14. The van der Waals surface area contributed by atoms with Gasteiger partial charge < -0.3 is 9.30 Å². The van der Waals surface area contributed by atoms with Crippen LogP contribution >= 0.6 is 11.8 Å². The fourth-order valence-electron chi connectivity index (χ4n) is 2.75. The van der Waals surface area contributed by atoms with Crippen molar-refractivity contribution < 1.29 is 9.53 Å².